The van der Waals surface area contributed by atoms with Crippen LogP contribution in [0.2, 0.25) is 0 Å². The van der Waals surface area contributed by atoms with Crippen molar-refractivity contribution in [2.45, 2.75) is 6.42 Å². The van der Waals surface area contributed by atoms with E-state index in [0.29, 0.717) is 18.4 Å². The third-order valence-corrected chi connectivity index (χ3v) is 4.97. The van der Waals surface area contributed by atoms with Crippen molar-refractivity contribution in [1.82, 2.24) is 20.3 Å². The Morgan fingerprint density at radius 3 is 2.89 bits per heavy atom. The number of nitrogens with one attached hydrogen (secondary N) is 1. The molecule has 0 aliphatic heterocycles. The summed E-state index contributed by atoms with van der Waals surface area (Å²) in [4.78, 5) is 25.1. The topological polar surface area (TPSA) is 67.8 Å². The number of pyridine rings is 2. The van der Waals surface area contributed by atoms with Crippen molar-refractivity contribution in [1.29, 1.82) is 0 Å². The zero-order valence-corrected chi connectivity index (χ0v) is 15.0. The van der Waals surface area contributed by atoms with E-state index >= 15 is 0 Å². The highest BCUT2D eigenvalue weighted by Gasteiger charge is 2.11. The number of carbonyl (C=O) groups excluding carboxylic acids is 1. The van der Waals surface area contributed by atoms with Crippen LogP contribution in [-0.4, -0.2) is 27.4 Å². The molecule has 27 heavy (non-hydrogen) atoms. The molecule has 0 bridgehead atoms. The second-order valence-corrected chi connectivity index (χ2v) is 6.76. The Kier molecular flexibility index (Phi) is 4.84. The highest BCUT2D eigenvalue weighted by molar-refractivity contribution is 7.13. The molecule has 1 N–H and O–H groups in total. The van der Waals surface area contributed by atoms with Gasteiger partial charge in [-0.25, -0.2) is 14.4 Å². The Hall–Kier alpha value is -3.19. The van der Waals surface area contributed by atoms with Crippen LogP contribution in [0.25, 0.3) is 21.5 Å². The van der Waals surface area contributed by atoms with Gasteiger partial charge in [-0.1, -0.05) is 18.2 Å². The van der Waals surface area contributed by atoms with Gasteiger partial charge >= 0.3 is 0 Å². The van der Waals surface area contributed by atoms with E-state index in [1.165, 1.54) is 6.07 Å². The Labute approximate surface area is 158 Å². The molecule has 3 aromatic heterocycles. The lowest BCUT2D eigenvalue weighted by Gasteiger charge is -2.05. The summed E-state index contributed by atoms with van der Waals surface area (Å²) < 4.78 is 13.8. The lowest BCUT2D eigenvalue weighted by atomic mass is 10.2. The van der Waals surface area contributed by atoms with Crippen LogP contribution < -0.4 is 5.32 Å². The van der Waals surface area contributed by atoms with E-state index in [2.05, 4.69) is 20.3 Å². The number of hydrogen-bond acceptors (Lipinski definition) is 5. The monoisotopic (exact) mass is 378 g/mol. The smallest absolute Gasteiger partial charge is 0.269 e. The first-order valence-electron chi connectivity index (χ1n) is 8.39. The minimum atomic E-state index is -0.437. The number of carbonyl (C=O) groups is 1. The maximum absolute atomic E-state index is 13.8. The molecule has 0 saturated carbocycles. The number of amides is 1. The molecule has 1 amide bonds. The molecule has 7 heteroatoms. The summed E-state index contributed by atoms with van der Waals surface area (Å²) in [6.07, 6.45) is 4.10. The minimum Gasteiger partial charge on any atom is -0.350 e. The molecule has 134 valence electrons. The van der Waals surface area contributed by atoms with Gasteiger partial charge in [0.05, 0.1) is 5.69 Å². The maximum Gasteiger partial charge on any atom is 0.269 e. The zero-order valence-electron chi connectivity index (χ0n) is 14.2. The average molecular weight is 378 g/mol. The Morgan fingerprint density at radius 1 is 1.11 bits per heavy atom. The van der Waals surface area contributed by atoms with Gasteiger partial charge < -0.3 is 5.32 Å². The predicted molar refractivity (Wildman–Crippen MR) is 103 cm³/mol. The number of fused-ring (bicyclic) bond motifs is 1. The van der Waals surface area contributed by atoms with Crippen LogP contribution in [-0.2, 0) is 6.42 Å². The van der Waals surface area contributed by atoms with E-state index in [1.807, 2.05) is 17.5 Å². The van der Waals surface area contributed by atoms with Gasteiger partial charge in [0.25, 0.3) is 5.91 Å². The molecule has 0 radical (unpaired) electrons. The van der Waals surface area contributed by atoms with Crippen LogP contribution in [0.4, 0.5) is 4.39 Å². The minimum absolute atomic E-state index is 0.196. The van der Waals surface area contributed by atoms with E-state index in [0.717, 1.165) is 16.3 Å². The zero-order chi connectivity index (χ0) is 18.6. The Morgan fingerprint density at radius 2 is 2.04 bits per heavy atom. The van der Waals surface area contributed by atoms with Crippen molar-refractivity contribution in [3.05, 3.63) is 77.4 Å². The molecule has 0 atom stereocenters. The molecule has 3 heterocycles. The molecule has 0 unspecified atom stereocenters. The van der Waals surface area contributed by atoms with Gasteiger partial charge in [0, 0.05) is 41.7 Å². The van der Waals surface area contributed by atoms with Crippen LogP contribution in [0.5, 0.6) is 0 Å². The molecule has 0 aliphatic carbocycles. The number of para-hydroxylation sites is 1. The van der Waals surface area contributed by atoms with E-state index in [-0.39, 0.29) is 17.1 Å². The summed E-state index contributed by atoms with van der Waals surface area (Å²) in [6, 6.07) is 11.8. The second-order valence-electron chi connectivity index (χ2n) is 5.90. The predicted octanol–water partition coefficient (Wildman–Crippen LogP) is 3.86. The molecular weight excluding hydrogens is 363 g/mol. The highest BCUT2D eigenvalue weighted by atomic mass is 32.1. The molecule has 5 nitrogen and oxygen atoms in total. The van der Waals surface area contributed by atoms with Crippen molar-refractivity contribution in [3.8, 4) is 10.6 Å². The van der Waals surface area contributed by atoms with Gasteiger partial charge in [-0.3, -0.25) is 9.78 Å². The number of halogens is 1. The summed E-state index contributed by atoms with van der Waals surface area (Å²) in [5, 5.41) is 6.34. The van der Waals surface area contributed by atoms with Crippen molar-refractivity contribution in [2.24, 2.45) is 0 Å². The Balaban J connectivity index is 1.39. The number of nitrogens with zero attached hydrogens (tertiary/aromatic N) is 3. The lowest BCUT2D eigenvalue weighted by molar-refractivity contribution is 0.0949. The van der Waals surface area contributed by atoms with E-state index < -0.39 is 5.82 Å². The van der Waals surface area contributed by atoms with Crippen LogP contribution in [0.15, 0.2) is 60.2 Å². The van der Waals surface area contributed by atoms with Gasteiger partial charge in [0.2, 0.25) is 0 Å². The molecule has 4 rings (SSSR count). The molecular formula is C20H15FN4OS. The third kappa shape index (κ3) is 3.83. The molecule has 0 fully saturated rings. The van der Waals surface area contributed by atoms with Gasteiger partial charge in [-0.2, -0.15) is 0 Å². The number of rotatable bonds is 5. The number of aromatic nitrogens is 3. The van der Waals surface area contributed by atoms with Gasteiger partial charge in [0.15, 0.2) is 0 Å². The Bertz CT molecular complexity index is 1100. The number of thiazole rings is 1. The van der Waals surface area contributed by atoms with Crippen molar-refractivity contribution in [3.63, 3.8) is 0 Å². The van der Waals surface area contributed by atoms with Gasteiger partial charge in [-0.05, 0) is 24.3 Å². The summed E-state index contributed by atoms with van der Waals surface area (Å²) >= 11 is 1.54. The third-order valence-electron chi connectivity index (χ3n) is 4.03. The normalized spacial score (nSPS) is 10.9. The van der Waals surface area contributed by atoms with Gasteiger partial charge in [-0.15, -0.1) is 11.3 Å². The number of hydrogen-bond donors (Lipinski definition) is 1. The second kappa shape index (κ2) is 7.59. The van der Waals surface area contributed by atoms with Crippen molar-refractivity contribution in [2.75, 3.05) is 6.54 Å². The van der Waals surface area contributed by atoms with E-state index in [4.69, 9.17) is 0 Å². The van der Waals surface area contributed by atoms with Crippen molar-refractivity contribution >= 4 is 28.1 Å². The average Bonchev–Trinajstić information content (AvgIpc) is 3.18. The number of benzene rings is 1. The fourth-order valence-electron chi connectivity index (χ4n) is 2.68. The molecule has 1 aromatic carbocycles. The molecule has 0 aliphatic rings. The molecule has 0 spiro atoms. The van der Waals surface area contributed by atoms with Crippen LogP contribution in [0, 0.1) is 5.82 Å². The first kappa shape index (κ1) is 17.2. The summed E-state index contributed by atoms with van der Waals surface area (Å²) in [5.74, 6) is -0.768. The van der Waals surface area contributed by atoms with Crippen LogP contribution in [0.3, 0.4) is 0 Å². The molecule has 0 saturated heterocycles. The van der Waals surface area contributed by atoms with Gasteiger partial charge in [0.1, 0.15) is 22.0 Å². The van der Waals surface area contributed by atoms with Crippen LogP contribution in [0.1, 0.15) is 16.2 Å². The van der Waals surface area contributed by atoms with Crippen molar-refractivity contribution < 1.29 is 9.18 Å². The SMILES string of the molecule is O=C(NCCc1csc(-c2cccnc2)n1)c1ccc2cccc(F)c2n1. The molecule has 4 aromatic rings. The fraction of sp³-hybridized carbons (Fsp3) is 0.100. The quantitative estimate of drug-likeness (QED) is 0.573. The van der Waals surface area contributed by atoms with Crippen LogP contribution >= 0.6 is 11.3 Å². The van der Waals surface area contributed by atoms with E-state index in [1.54, 1.807) is 48.0 Å². The summed E-state index contributed by atoms with van der Waals surface area (Å²) in [5.41, 5.74) is 2.27. The first-order chi connectivity index (χ1) is 13.2. The highest BCUT2D eigenvalue weighted by Crippen LogP contribution is 2.22. The largest absolute Gasteiger partial charge is 0.350 e. The fourth-order valence-corrected chi connectivity index (χ4v) is 3.52. The standard InChI is InChI=1S/C20H15FN4OS/c21-16-5-1-3-13-6-7-17(25-18(13)16)19(26)23-10-8-15-12-27-20(24-15)14-4-2-9-22-11-14/h1-7,9,11-12H,8,10H2,(H,23,26). The first-order valence-corrected chi connectivity index (χ1v) is 9.27. The lowest BCUT2D eigenvalue weighted by Crippen LogP contribution is -2.26. The summed E-state index contributed by atoms with van der Waals surface area (Å²) in [6.45, 7) is 0.423. The van der Waals surface area contributed by atoms with E-state index in [9.17, 15) is 9.18 Å². The summed E-state index contributed by atoms with van der Waals surface area (Å²) in [7, 11) is 0. The maximum atomic E-state index is 13.8.